The largest absolute Gasteiger partial charge is 0.492 e. The van der Waals surface area contributed by atoms with E-state index in [1.54, 1.807) is 62.4 Å². The number of benzene rings is 2. The van der Waals surface area contributed by atoms with Crippen LogP contribution in [0, 0.1) is 5.92 Å². The highest BCUT2D eigenvalue weighted by molar-refractivity contribution is 6.22. The fourth-order valence-corrected chi connectivity index (χ4v) is 3.40. The maximum absolute atomic E-state index is 12.8. The van der Waals surface area contributed by atoms with Crippen molar-refractivity contribution in [1.29, 1.82) is 0 Å². The zero-order valence-corrected chi connectivity index (χ0v) is 17.6. The van der Waals surface area contributed by atoms with E-state index in [9.17, 15) is 19.2 Å². The van der Waals surface area contributed by atoms with Crippen LogP contribution >= 0.6 is 0 Å². The lowest BCUT2D eigenvalue weighted by Crippen LogP contribution is -2.49. The summed E-state index contributed by atoms with van der Waals surface area (Å²) in [6.07, 6.45) is 0. The molecule has 3 rings (SSSR count). The Labute approximate surface area is 180 Å². The van der Waals surface area contributed by atoms with Gasteiger partial charge < -0.3 is 14.8 Å². The van der Waals surface area contributed by atoms with Crippen LogP contribution in [0.5, 0.6) is 5.75 Å². The Hall–Kier alpha value is -3.68. The van der Waals surface area contributed by atoms with E-state index < -0.39 is 42.3 Å². The van der Waals surface area contributed by atoms with Crippen molar-refractivity contribution in [2.24, 2.45) is 5.92 Å². The standard InChI is InChI=1S/C23H24N2O6/c1-4-30-18-12-8-7-11-17(18)24-19(26)13-31-23(29)20(14(2)3)25-21(27)15-9-5-6-10-16(15)22(25)28/h5-12,14,20H,4,13H2,1-3H3,(H,24,26). The highest BCUT2D eigenvalue weighted by atomic mass is 16.5. The minimum atomic E-state index is -1.14. The van der Waals surface area contributed by atoms with Crippen LogP contribution in [-0.4, -0.2) is 47.8 Å². The van der Waals surface area contributed by atoms with Gasteiger partial charge in [0, 0.05) is 0 Å². The predicted octanol–water partition coefficient (Wildman–Crippen LogP) is 2.89. The van der Waals surface area contributed by atoms with E-state index in [1.165, 1.54) is 0 Å². The number of hydrogen-bond acceptors (Lipinski definition) is 6. The summed E-state index contributed by atoms with van der Waals surface area (Å²) in [4.78, 5) is 51.5. The summed E-state index contributed by atoms with van der Waals surface area (Å²) < 4.78 is 10.6. The number of esters is 1. The zero-order valence-electron chi connectivity index (χ0n) is 17.6. The molecule has 8 heteroatoms. The van der Waals surface area contributed by atoms with Gasteiger partial charge in [0.1, 0.15) is 11.8 Å². The van der Waals surface area contributed by atoms with Gasteiger partial charge in [0.15, 0.2) is 6.61 Å². The van der Waals surface area contributed by atoms with Crippen molar-refractivity contribution in [3.63, 3.8) is 0 Å². The summed E-state index contributed by atoms with van der Waals surface area (Å²) in [5, 5.41) is 2.63. The number of anilines is 1. The molecule has 1 aliphatic rings. The summed E-state index contributed by atoms with van der Waals surface area (Å²) in [7, 11) is 0. The van der Waals surface area contributed by atoms with Gasteiger partial charge >= 0.3 is 5.97 Å². The minimum absolute atomic E-state index is 0.247. The molecule has 1 N–H and O–H groups in total. The number of carbonyl (C=O) groups excluding carboxylic acids is 4. The van der Waals surface area contributed by atoms with E-state index in [0.717, 1.165) is 4.90 Å². The summed E-state index contributed by atoms with van der Waals surface area (Å²) in [6.45, 7) is 5.09. The van der Waals surface area contributed by atoms with E-state index >= 15 is 0 Å². The number of fused-ring (bicyclic) bond motifs is 1. The molecule has 1 atom stereocenters. The number of amides is 3. The molecule has 0 bridgehead atoms. The van der Waals surface area contributed by atoms with Crippen molar-refractivity contribution in [2.75, 3.05) is 18.5 Å². The van der Waals surface area contributed by atoms with E-state index in [4.69, 9.17) is 9.47 Å². The Balaban J connectivity index is 1.68. The van der Waals surface area contributed by atoms with Crippen molar-refractivity contribution in [1.82, 2.24) is 4.90 Å². The topological polar surface area (TPSA) is 102 Å². The average molecular weight is 424 g/mol. The van der Waals surface area contributed by atoms with Gasteiger partial charge in [-0.2, -0.15) is 0 Å². The molecular formula is C23H24N2O6. The molecule has 0 aromatic heterocycles. The van der Waals surface area contributed by atoms with Crippen LogP contribution in [0.2, 0.25) is 0 Å². The van der Waals surface area contributed by atoms with Crippen LogP contribution in [0.4, 0.5) is 5.69 Å². The molecule has 0 spiro atoms. The highest BCUT2D eigenvalue weighted by Gasteiger charge is 2.44. The van der Waals surface area contributed by atoms with Gasteiger partial charge in [0.2, 0.25) is 0 Å². The summed E-state index contributed by atoms with van der Waals surface area (Å²) in [6, 6.07) is 12.1. The van der Waals surface area contributed by atoms with Crippen molar-refractivity contribution in [2.45, 2.75) is 26.8 Å². The number of nitrogens with one attached hydrogen (secondary N) is 1. The maximum Gasteiger partial charge on any atom is 0.330 e. The Bertz CT molecular complexity index is 982. The van der Waals surface area contributed by atoms with Crippen LogP contribution in [0.25, 0.3) is 0 Å². The first kappa shape index (κ1) is 22.0. The molecule has 3 amide bonds. The molecule has 8 nitrogen and oxygen atoms in total. The van der Waals surface area contributed by atoms with Crippen LogP contribution in [0.15, 0.2) is 48.5 Å². The van der Waals surface area contributed by atoms with Crippen molar-refractivity contribution < 1.29 is 28.7 Å². The van der Waals surface area contributed by atoms with Crippen LogP contribution in [-0.2, 0) is 14.3 Å². The molecule has 0 saturated heterocycles. The Morgan fingerprint density at radius 2 is 1.55 bits per heavy atom. The first-order valence-corrected chi connectivity index (χ1v) is 10.00. The number of rotatable bonds is 8. The lowest BCUT2D eigenvalue weighted by atomic mass is 10.0. The fraction of sp³-hybridized carbons (Fsp3) is 0.304. The molecule has 0 saturated carbocycles. The number of para-hydroxylation sites is 2. The first-order valence-electron chi connectivity index (χ1n) is 10.00. The normalized spacial score (nSPS) is 13.7. The molecule has 31 heavy (non-hydrogen) atoms. The fourth-order valence-electron chi connectivity index (χ4n) is 3.40. The number of ether oxygens (including phenoxy) is 2. The Kier molecular flexibility index (Phi) is 6.69. The monoisotopic (exact) mass is 424 g/mol. The Morgan fingerprint density at radius 1 is 0.968 bits per heavy atom. The molecule has 162 valence electrons. The van der Waals surface area contributed by atoms with Crippen LogP contribution < -0.4 is 10.1 Å². The lowest BCUT2D eigenvalue weighted by molar-refractivity contribution is -0.152. The summed E-state index contributed by atoms with van der Waals surface area (Å²) in [5.74, 6) is -2.40. The third kappa shape index (κ3) is 4.58. The van der Waals surface area contributed by atoms with Crippen molar-refractivity contribution in [3.05, 3.63) is 59.7 Å². The van der Waals surface area contributed by atoms with Crippen LogP contribution in [0.3, 0.4) is 0 Å². The minimum Gasteiger partial charge on any atom is -0.492 e. The molecule has 2 aromatic rings. The van der Waals surface area contributed by atoms with Gasteiger partial charge in [0.25, 0.3) is 17.7 Å². The van der Waals surface area contributed by atoms with Crippen molar-refractivity contribution in [3.8, 4) is 5.75 Å². The third-order valence-corrected chi connectivity index (χ3v) is 4.78. The highest BCUT2D eigenvalue weighted by Crippen LogP contribution is 2.28. The van der Waals surface area contributed by atoms with E-state index in [2.05, 4.69) is 5.32 Å². The number of imide groups is 1. The molecule has 0 fully saturated rings. The van der Waals surface area contributed by atoms with E-state index in [-0.39, 0.29) is 11.1 Å². The van der Waals surface area contributed by atoms with Crippen LogP contribution in [0.1, 0.15) is 41.5 Å². The second-order valence-corrected chi connectivity index (χ2v) is 7.30. The molecule has 1 aliphatic heterocycles. The zero-order chi connectivity index (χ0) is 22.5. The second kappa shape index (κ2) is 9.42. The molecular weight excluding hydrogens is 400 g/mol. The van der Waals surface area contributed by atoms with Gasteiger partial charge in [-0.3, -0.25) is 19.3 Å². The number of carbonyl (C=O) groups is 4. The van der Waals surface area contributed by atoms with E-state index in [1.807, 2.05) is 6.92 Å². The van der Waals surface area contributed by atoms with Gasteiger partial charge in [-0.1, -0.05) is 38.1 Å². The molecule has 0 radical (unpaired) electrons. The predicted molar refractivity (Wildman–Crippen MR) is 113 cm³/mol. The molecule has 0 aliphatic carbocycles. The van der Waals surface area contributed by atoms with E-state index in [0.29, 0.717) is 18.0 Å². The van der Waals surface area contributed by atoms with Gasteiger partial charge in [-0.25, -0.2) is 4.79 Å². The molecule has 2 aromatic carbocycles. The van der Waals surface area contributed by atoms with Gasteiger partial charge in [0.05, 0.1) is 23.4 Å². The lowest BCUT2D eigenvalue weighted by Gasteiger charge is -2.27. The summed E-state index contributed by atoms with van der Waals surface area (Å²) >= 11 is 0. The van der Waals surface area contributed by atoms with Gasteiger partial charge in [-0.05, 0) is 37.1 Å². The van der Waals surface area contributed by atoms with Crippen molar-refractivity contribution >= 4 is 29.4 Å². The smallest absolute Gasteiger partial charge is 0.330 e. The quantitative estimate of drug-likeness (QED) is 0.516. The molecule has 1 heterocycles. The van der Waals surface area contributed by atoms with Gasteiger partial charge in [-0.15, -0.1) is 0 Å². The SMILES string of the molecule is CCOc1ccccc1NC(=O)COC(=O)C(C(C)C)N1C(=O)c2ccccc2C1=O. The average Bonchev–Trinajstić information content (AvgIpc) is 2.99. The number of hydrogen-bond donors (Lipinski definition) is 1. The second-order valence-electron chi connectivity index (χ2n) is 7.30. The summed E-state index contributed by atoms with van der Waals surface area (Å²) in [5.41, 5.74) is 0.943. The Morgan fingerprint density at radius 3 is 2.13 bits per heavy atom. The third-order valence-electron chi connectivity index (χ3n) is 4.78. The number of nitrogens with zero attached hydrogens (tertiary/aromatic N) is 1. The maximum atomic E-state index is 12.8. The first-order chi connectivity index (χ1) is 14.8. The molecule has 1 unspecified atom stereocenters.